The first-order valence-electron chi connectivity index (χ1n) is 14.3. The lowest BCUT2D eigenvalue weighted by Crippen LogP contribution is -2.45. The van der Waals surface area contributed by atoms with Crippen LogP contribution in [0.15, 0.2) is 48.7 Å². The lowest BCUT2D eigenvalue weighted by Gasteiger charge is -2.29. The van der Waals surface area contributed by atoms with Gasteiger partial charge in [0, 0.05) is 16.8 Å². The van der Waals surface area contributed by atoms with Crippen LogP contribution in [0.25, 0.3) is 49.0 Å². The summed E-state index contributed by atoms with van der Waals surface area (Å²) in [4.78, 5) is 0. The van der Waals surface area contributed by atoms with E-state index in [0.717, 1.165) is 6.42 Å². The van der Waals surface area contributed by atoms with E-state index < -0.39 is 8.07 Å². The fraction of sp³-hybridized carbons (Fsp3) is 0.382. The highest BCUT2D eigenvalue weighted by molar-refractivity contribution is 6.92. The van der Waals surface area contributed by atoms with Gasteiger partial charge in [0.2, 0.25) is 5.52 Å². The third-order valence-electron chi connectivity index (χ3n) is 9.62. The van der Waals surface area contributed by atoms with Crippen LogP contribution in [0, 0.1) is 19.8 Å². The summed E-state index contributed by atoms with van der Waals surface area (Å²) >= 11 is 0. The van der Waals surface area contributed by atoms with Crippen LogP contribution >= 0.6 is 0 Å². The van der Waals surface area contributed by atoms with Gasteiger partial charge in [-0.25, -0.2) is 4.57 Å². The van der Waals surface area contributed by atoms with Crippen LogP contribution in [0.4, 0.5) is 0 Å². The predicted molar refractivity (Wildman–Crippen MR) is 165 cm³/mol. The molecule has 0 bridgehead atoms. The highest BCUT2D eigenvalue weighted by Crippen LogP contribution is 2.42. The molecule has 190 valence electrons. The number of hydrogen-bond acceptors (Lipinski definition) is 0. The van der Waals surface area contributed by atoms with Gasteiger partial charge in [0.05, 0.1) is 35.4 Å². The highest BCUT2D eigenvalue weighted by Gasteiger charge is 2.32. The van der Waals surface area contributed by atoms with Crippen molar-refractivity contribution in [1.29, 1.82) is 0 Å². The zero-order valence-corrected chi connectivity index (χ0v) is 24.9. The third-order valence-corrected chi connectivity index (χ3v) is 15.2. The van der Waals surface area contributed by atoms with Crippen LogP contribution < -0.4 is 9.75 Å². The van der Waals surface area contributed by atoms with Gasteiger partial charge in [-0.1, -0.05) is 76.1 Å². The molecule has 0 aliphatic heterocycles. The maximum Gasteiger partial charge on any atom is 0.224 e. The van der Waals surface area contributed by atoms with Crippen LogP contribution in [0.1, 0.15) is 51.3 Å². The van der Waals surface area contributed by atoms with Crippen molar-refractivity contribution in [1.82, 2.24) is 4.40 Å². The van der Waals surface area contributed by atoms with Gasteiger partial charge in [-0.15, -0.1) is 0 Å². The summed E-state index contributed by atoms with van der Waals surface area (Å²) in [6.07, 6.45) is 3.39. The lowest BCUT2D eigenvalue weighted by molar-refractivity contribution is -0.643. The summed E-state index contributed by atoms with van der Waals surface area (Å²) in [6, 6.07) is 21.1. The molecule has 0 N–H and O–H groups in total. The first-order valence-corrected chi connectivity index (χ1v) is 16.9. The van der Waals surface area contributed by atoms with Crippen molar-refractivity contribution in [3.63, 3.8) is 0 Å². The normalized spacial score (nSPS) is 13.0. The van der Waals surface area contributed by atoms with Crippen LogP contribution in [0.3, 0.4) is 0 Å². The Labute approximate surface area is 222 Å². The fourth-order valence-electron chi connectivity index (χ4n) is 7.22. The van der Waals surface area contributed by atoms with E-state index in [4.69, 9.17) is 0 Å². The molecule has 2 nitrogen and oxygen atoms in total. The molecule has 3 heterocycles. The fourth-order valence-corrected chi connectivity index (χ4v) is 10.8. The van der Waals surface area contributed by atoms with Crippen LogP contribution in [-0.4, -0.2) is 12.5 Å². The van der Waals surface area contributed by atoms with Gasteiger partial charge in [0.1, 0.15) is 7.05 Å². The molecule has 0 spiro atoms. The molecule has 6 aromatic rings. The Kier molecular flexibility index (Phi) is 5.65. The molecule has 3 heteroatoms. The molecule has 0 radical (unpaired) electrons. The van der Waals surface area contributed by atoms with E-state index in [-0.39, 0.29) is 0 Å². The van der Waals surface area contributed by atoms with Gasteiger partial charge in [-0.2, -0.15) is 0 Å². The molecule has 0 saturated heterocycles. The van der Waals surface area contributed by atoms with E-state index >= 15 is 0 Å². The smallest absolute Gasteiger partial charge is 0.224 e. The SMILES string of the molecule is CC[Si](CC)(CC)c1cc2cc[n+](C)c3c4c(C)c(C)cc5c6ccc(CC(C)C)cc6n(c(c1)c23)c54. The molecule has 0 unspecified atom stereocenters. The highest BCUT2D eigenvalue weighted by atomic mass is 28.3. The molecule has 3 aromatic heterocycles. The molecule has 0 atom stereocenters. The zero-order valence-electron chi connectivity index (χ0n) is 23.9. The second kappa shape index (κ2) is 8.56. The standard InChI is InChI=1S/C34H41N2Si/c1-9-37(10-2,11-3)26-19-25-14-15-35(8)34-31-23(7)22(6)17-28-27-13-12-24(16-21(4)5)18-29(27)36(33(28)31)30(20-26)32(25)34/h12-15,17-21H,9-11,16H2,1-8H3/q+1. The van der Waals surface area contributed by atoms with Crippen molar-refractivity contribution < 1.29 is 4.57 Å². The number of hydrogen-bond donors (Lipinski definition) is 0. The molecule has 0 aliphatic carbocycles. The maximum atomic E-state index is 2.65. The average molecular weight is 506 g/mol. The topological polar surface area (TPSA) is 8.29 Å². The minimum absolute atomic E-state index is 0.642. The Morgan fingerprint density at radius 2 is 1.57 bits per heavy atom. The number of nitrogens with zero attached hydrogens (tertiary/aromatic N) is 2. The minimum atomic E-state index is -1.56. The molecule has 0 fully saturated rings. The van der Waals surface area contributed by atoms with Gasteiger partial charge >= 0.3 is 0 Å². The van der Waals surface area contributed by atoms with E-state index in [1.54, 1.807) is 5.19 Å². The number of aryl methyl sites for hydroxylation is 3. The summed E-state index contributed by atoms with van der Waals surface area (Å²) < 4.78 is 5.01. The van der Waals surface area contributed by atoms with Crippen molar-refractivity contribution in [2.45, 2.75) is 73.0 Å². The predicted octanol–water partition coefficient (Wildman–Crippen LogP) is 8.35. The van der Waals surface area contributed by atoms with Gasteiger partial charge in [-0.3, -0.25) is 0 Å². The zero-order chi connectivity index (χ0) is 26.2. The molecular weight excluding hydrogens is 464 g/mol. The number of rotatable bonds is 6. The minimum Gasteiger partial charge on any atom is -0.307 e. The Balaban J connectivity index is 1.93. The molecular formula is C34H41N2Si+. The summed E-state index contributed by atoms with van der Waals surface area (Å²) in [5, 5.41) is 8.62. The van der Waals surface area contributed by atoms with Gasteiger partial charge in [-0.05, 0) is 66.5 Å². The lowest BCUT2D eigenvalue weighted by atomic mass is 9.96. The quantitative estimate of drug-likeness (QED) is 0.0930. The van der Waals surface area contributed by atoms with Crippen molar-refractivity contribution in [2.75, 3.05) is 0 Å². The van der Waals surface area contributed by atoms with E-state index in [1.807, 2.05) is 0 Å². The summed E-state index contributed by atoms with van der Waals surface area (Å²) in [5.41, 5.74) is 9.74. The monoisotopic (exact) mass is 505 g/mol. The number of benzene rings is 3. The molecule has 37 heavy (non-hydrogen) atoms. The largest absolute Gasteiger partial charge is 0.307 e. The first-order chi connectivity index (χ1) is 17.7. The Hall–Kier alpha value is -2.91. The molecule has 0 aliphatic rings. The second-order valence-corrected chi connectivity index (χ2v) is 17.2. The van der Waals surface area contributed by atoms with Crippen molar-refractivity contribution in [3.05, 3.63) is 65.4 Å². The average Bonchev–Trinajstić information content (AvgIpc) is 3.20. The van der Waals surface area contributed by atoms with E-state index in [0.29, 0.717) is 5.92 Å². The second-order valence-electron chi connectivity index (χ2n) is 12.0. The maximum absolute atomic E-state index is 2.65. The molecule has 3 aromatic carbocycles. The number of aromatic nitrogens is 2. The summed E-state index contributed by atoms with van der Waals surface area (Å²) in [5.74, 6) is 0.642. The van der Waals surface area contributed by atoms with Crippen molar-refractivity contribution in [2.24, 2.45) is 13.0 Å². The van der Waals surface area contributed by atoms with Crippen LogP contribution in [0.2, 0.25) is 18.1 Å². The Morgan fingerprint density at radius 3 is 2.24 bits per heavy atom. The Morgan fingerprint density at radius 1 is 0.838 bits per heavy atom. The summed E-state index contributed by atoms with van der Waals surface area (Å²) in [6.45, 7) is 16.5. The molecule has 6 rings (SSSR count). The van der Waals surface area contributed by atoms with Gasteiger partial charge in [0.15, 0.2) is 6.20 Å². The van der Waals surface area contributed by atoms with Gasteiger partial charge in [0.25, 0.3) is 0 Å². The third kappa shape index (κ3) is 3.32. The molecule has 0 amide bonds. The van der Waals surface area contributed by atoms with E-state index in [9.17, 15) is 0 Å². The van der Waals surface area contributed by atoms with Crippen LogP contribution in [-0.2, 0) is 13.5 Å². The van der Waals surface area contributed by atoms with Gasteiger partial charge < -0.3 is 4.40 Å². The van der Waals surface area contributed by atoms with E-state index in [1.165, 1.54) is 83.8 Å². The summed E-state index contributed by atoms with van der Waals surface area (Å²) in [7, 11) is 0.665. The van der Waals surface area contributed by atoms with Crippen molar-refractivity contribution >= 4 is 62.3 Å². The number of pyridine rings is 2. The molecule has 0 saturated carbocycles. The first kappa shape index (κ1) is 24.4. The number of fused-ring (bicyclic) bond motifs is 5. The van der Waals surface area contributed by atoms with Crippen LogP contribution in [0.5, 0.6) is 0 Å². The van der Waals surface area contributed by atoms with E-state index in [2.05, 4.69) is 113 Å². The Bertz CT molecular complexity index is 1810. The van der Waals surface area contributed by atoms with Crippen molar-refractivity contribution in [3.8, 4) is 0 Å².